The fourth-order valence-electron chi connectivity index (χ4n) is 1.76. The van der Waals surface area contributed by atoms with Crippen LogP contribution in [-0.4, -0.2) is 50.7 Å². The van der Waals surface area contributed by atoms with Crippen LogP contribution < -0.4 is 10.2 Å². The van der Waals surface area contributed by atoms with Crippen molar-refractivity contribution in [3.05, 3.63) is 11.1 Å². The predicted molar refractivity (Wildman–Crippen MR) is 85.1 cm³/mol. The summed E-state index contributed by atoms with van der Waals surface area (Å²) in [5.41, 5.74) is 1.15. The molecule has 4 nitrogen and oxygen atoms in total. The van der Waals surface area contributed by atoms with Gasteiger partial charge in [-0.1, -0.05) is 13.8 Å². The smallest absolute Gasteiger partial charge is 0.185 e. The standard InChI is InChI=1S/C14H28N4S/c1-12(2)9-15-10-13-11-19-14(16-13)18(5)8-6-7-17(3)4/h11-12,15H,6-10H2,1-5H3. The molecule has 1 N–H and O–H groups in total. The summed E-state index contributed by atoms with van der Waals surface area (Å²) in [5.74, 6) is 0.687. The van der Waals surface area contributed by atoms with Gasteiger partial charge in [-0.05, 0) is 39.5 Å². The lowest BCUT2D eigenvalue weighted by Crippen LogP contribution is -2.23. The third-order valence-electron chi connectivity index (χ3n) is 2.82. The molecule has 0 aromatic carbocycles. The molecule has 0 saturated carbocycles. The molecule has 0 atom stereocenters. The first-order valence-corrected chi connectivity index (χ1v) is 7.88. The van der Waals surface area contributed by atoms with Crippen molar-refractivity contribution >= 4 is 16.5 Å². The number of aromatic nitrogens is 1. The number of nitrogens with one attached hydrogen (secondary N) is 1. The molecule has 0 fully saturated rings. The van der Waals surface area contributed by atoms with E-state index in [9.17, 15) is 0 Å². The van der Waals surface area contributed by atoms with Crippen molar-refractivity contribution in [1.29, 1.82) is 0 Å². The van der Waals surface area contributed by atoms with Gasteiger partial charge in [-0.2, -0.15) is 0 Å². The average molecular weight is 284 g/mol. The molecule has 1 heterocycles. The van der Waals surface area contributed by atoms with Crippen molar-refractivity contribution in [2.75, 3.05) is 45.7 Å². The molecule has 0 aliphatic carbocycles. The second-order valence-corrected chi connectivity index (χ2v) is 6.56. The van der Waals surface area contributed by atoms with Gasteiger partial charge in [-0.3, -0.25) is 0 Å². The normalized spacial score (nSPS) is 11.5. The van der Waals surface area contributed by atoms with Gasteiger partial charge < -0.3 is 15.1 Å². The highest BCUT2D eigenvalue weighted by Gasteiger charge is 2.07. The summed E-state index contributed by atoms with van der Waals surface area (Å²) in [7, 11) is 6.35. The van der Waals surface area contributed by atoms with Crippen LogP contribution in [0.15, 0.2) is 5.38 Å². The molecule has 0 unspecified atom stereocenters. The third kappa shape index (κ3) is 6.89. The first kappa shape index (κ1) is 16.4. The van der Waals surface area contributed by atoms with E-state index in [-0.39, 0.29) is 0 Å². The summed E-state index contributed by atoms with van der Waals surface area (Å²) in [6.07, 6.45) is 1.17. The Morgan fingerprint density at radius 2 is 2.00 bits per heavy atom. The predicted octanol–water partition coefficient (Wildman–Crippen LogP) is 2.28. The van der Waals surface area contributed by atoms with Gasteiger partial charge >= 0.3 is 0 Å². The number of anilines is 1. The van der Waals surface area contributed by atoms with Crippen molar-refractivity contribution in [1.82, 2.24) is 15.2 Å². The number of thiazole rings is 1. The van der Waals surface area contributed by atoms with E-state index in [0.29, 0.717) is 5.92 Å². The van der Waals surface area contributed by atoms with Crippen molar-refractivity contribution in [3.8, 4) is 0 Å². The van der Waals surface area contributed by atoms with Crippen LogP contribution >= 0.6 is 11.3 Å². The van der Waals surface area contributed by atoms with Gasteiger partial charge in [0.05, 0.1) is 5.69 Å². The SMILES string of the molecule is CC(C)CNCc1csc(N(C)CCCN(C)C)n1. The molecule has 1 rings (SSSR count). The minimum Gasteiger partial charge on any atom is -0.351 e. The van der Waals surface area contributed by atoms with Gasteiger partial charge in [0.25, 0.3) is 0 Å². The Bertz CT molecular complexity index is 349. The summed E-state index contributed by atoms with van der Waals surface area (Å²) < 4.78 is 0. The molecule has 1 aromatic heterocycles. The molecule has 0 aliphatic heterocycles. The van der Waals surface area contributed by atoms with Crippen molar-refractivity contribution in [2.45, 2.75) is 26.8 Å². The Hall–Kier alpha value is -0.650. The number of nitrogens with zero attached hydrogens (tertiary/aromatic N) is 3. The summed E-state index contributed by atoms with van der Waals surface area (Å²) in [5, 5.41) is 6.71. The molecule has 0 bridgehead atoms. The monoisotopic (exact) mass is 284 g/mol. The number of hydrogen-bond acceptors (Lipinski definition) is 5. The Morgan fingerprint density at radius 3 is 2.63 bits per heavy atom. The van der Waals surface area contributed by atoms with Gasteiger partial charge in [0, 0.05) is 25.5 Å². The highest BCUT2D eigenvalue weighted by molar-refractivity contribution is 7.13. The Kier molecular flexibility index (Phi) is 7.34. The highest BCUT2D eigenvalue weighted by atomic mass is 32.1. The molecule has 19 heavy (non-hydrogen) atoms. The maximum absolute atomic E-state index is 4.67. The Balaban J connectivity index is 2.32. The quantitative estimate of drug-likeness (QED) is 0.754. The van der Waals surface area contributed by atoms with Gasteiger partial charge in [0.15, 0.2) is 5.13 Å². The molecule has 5 heteroatoms. The van der Waals surface area contributed by atoms with Crippen LogP contribution in [0.4, 0.5) is 5.13 Å². The molecule has 0 aliphatic rings. The fraction of sp³-hybridized carbons (Fsp3) is 0.786. The summed E-state index contributed by atoms with van der Waals surface area (Å²) in [4.78, 5) is 9.14. The molecule has 110 valence electrons. The lowest BCUT2D eigenvalue weighted by molar-refractivity contribution is 0.401. The molecule has 0 saturated heterocycles. The topological polar surface area (TPSA) is 31.4 Å². The van der Waals surface area contributed by atoms with E-state index in [1.54, 1.807) is 11.3 Å². The lowest BCUT2D eigenvalue weighted by atomic mass is 10.2. The molecular formula is C14H28N4S. The van der Waals surface area contributed by atoms with E-state index in [4.69, 9.17) is 0 Å². The third-order valence-corrected chi connectivity index (χ3v) is 3.83. The Labute approximate surface area is 121 Å². The van der Waals surface area contributed by atoms with E-state index in [0.717, 1.165) is 37.0 Å². The zero-order valence-corrected chi connectivity index (χ0v) is 13.8. The van der Waals surface area contributed by atoms with E-state index in [2.05, 4.69) is 60.5 Å². The van der Waals surface area contributed by atoms with Crippen molar-refractivity contribution in [2.24, 2.45) is 5.92 Å². The highest BCUT2D eigenvalue weighted by Crippen LogP contribution is 2.19. The van der Waals surface area contributed by atoms with Crippen LogP contribution in [0.25, 0.3) is 0 Å². The maximum atomic E-state index is 4.67. The maximum Gasteiger partial charge on any atom is 0.185 e. The van der Waals surface area contributed by atoms with Crippen molar-refractivity contribution < 1.29 is 0 Å². The fourth-order valence-corrected chi connectivity index (χ4v) is 2.58. The summed E-state index contributed by atoms with van der Waals surface area (Å²) in [6.45, 7) is 8.55. The Morgan fingerprint density at radius 1 is 1.26 bits per heavy atom. The van der Waals surface area contributed by atoms with Gasteiger partial charge in [-0.25, -0.2) is 4.98 Å². The molecular weight excluding hydrogens is 256 g/mol. The molecule has 0 radical (unpaired) electrons. The first-order chi connectivity index (χ1) is 8.99. The van der Waals surface area contributed by atoms with Crippen molar-refractivity contribution in [3.63, 3.8) is 0 Å². The zero-order chi connectivity index (χ0) is 14.3. The molecule has 0 amide bonds. The second kappa shape index (κ2) is 8.51. The van der Waals surface area contributed by atoms with Crippen LogP contribution in [0.2, 0.25) is 0 Å². The van der Waals surface area contributed by atoms with Gasteiger partial charge in [0.1, 0.15) is 0 Å². The summed E-state index contributed by atoms with van der Waals surface area (Å²) >= 11 is 1.74. The van der Waals surface area contributed by atoms with Gasteiger partial charge in [-0.15, -0.1) is 11.3 Å². The first-order valence-electron chi connectivity index (χ1n) is 7.00. The minimum absolute atomic E-state index is 0.687. The van der Waals surface area contributed by atoms with Crippen LogP contribution in [0.1, 0.15) is 26.0 Å². The van der Waals surface area contributed by atoms with E-state index < -0.39 is 0 Å². The number of hydrogen-bond donors (Lipinski definition) is 1. The number of rotatable bonds is 9. The van der Waals surface area contributed by atoms with E-state index >= 15 is 0 Å². The summed E-state index contributed by atoms with van der Waals surface area (Å²) in [6, 6.07) is 0. The van der Waals surface area contributed by atoms with E-state index in [1.807, 2.05) is 0 Å². The largest absolute Gasteiger partial charge is 0.351 e. The lowest BCUT2D eigenvalue weighted by Gasteiger charge is -2.17. The molecule has 0 spiro atoms. The second-order valence-electron chi connectivity index (χ2n) is 5.72. The zero-order valence-electron chi connectivity index (χ0n) is 12.9. The minimum atomic E-state index is 0.687. The van der Waals surface area contributed by atoms with Crippen LogP contribution in [0, 0.1) is 5.92 Å². The average Bonchev–Trinajstić information content (AvgIpc) is 2.76. The molecule has 1 aromatic rings. The van der Waals surface area contributed by atoms with Crippen LogP contribution in [-0.2, 0) is 6.54 Å². The van der Waals surface area contributed by atoms with Gasteiger partial charge in [0.2, 0.25) is 0 Å². The van der Waals surface area contributed by atoms with E-state index in [1.165, 1.54) is 6.42 Å². The van der Waals surface area contributed by atoms with Crippen LogP contribution in [0.3, 0.4) is 0 Å². The van der Waals surface area contributed by atoms with Crippen LogP contribution in [0.5, 0.6) is 0 Å².